The number of rotatable bonds is 12. The molecule has 0 N–H and O–H groups in total. The second kappa shape index (κ2) is 15.8. The van der Waals surface area contributed by atoms with E-state index in [1.54, 1.807) is 7.11 Å². The molecule has 5 nitrogen and oxygen atoms in total. The number of fused-ring (bicyclic) bond motifs is 3. The molecule has 0 radical (unpaired) electrons. The van der Waals surface area contributed by atoms with Crippen LogP contribution in [-0.2, 0) is 11.3 Å². The maximum atomic E-state index is 6.01. The van der Waals surface area contributed by atoms with E-state index in [1.165, 1.54) is 0 Å². The second-order valence-electron chi connectivity index (χ2n) is 12.9. The van der Waals surface area contributed by atoms with Gasteiger partial charge in [0.05, 0.1) is 40.4 Å². The monoisotopic (exact) mass is 689 g/mol. The summed E-state index contributed by atoms with van der Waals surface area (Å²) in [6.07, 6.45) is 0. The van der Waals surface area contributed by atoms with Crippen LogP contribution in [0.3, 0.4) is 0 Å². The van der Waals surface area contributed by atoms with E-state index >= 15 is 0 Å². The minimum absolute atomic E-state index is 0.494. The molecule has 0 bridgehead atoms. The third-order valence-electron chi connectivity index (χ3n) is 9.30. The van der Waals surface area contributed by atoms with E-state index in [2.05, 4.69) is 156 Å². The Labute approximate surface area is 310 Å². The van der Waals surface area contributed by atoms with Crippen LogP contribution in [0.4, 0.5) is 11.4 Å². The topological polar surface area (TPSA) is 48.1 Å². The van der Waals surface area contributed by atoms with Gasteiger partial charge in [-0.15, -0.1) is 0 Å². The van der Waals surface area contributed by atoms with Crippen LogP contribution in [0.1, 0.15) is 27.8 Å². The largest absolute Gasteiger partial charge is 0.491 e. The van der Waals surface area contributed by atoms with Gasteiger partial charge in [-0.25, -0.2) is 9.98 Å². The molecule has 1 heterocycles. The lowest BCUT2D eigenvalue weighted by molar-refractivity contribution is 0.146. The van der Waals surface area contributed by atoms with Crippen molar-refractivity contribution in [2.24, 2.45) is 9.98 Å². The van der Waals surface area contributed by atoms with Gasteiger partial charge in [0.2, 0.25) is 0 Å². The molecule has 0 aliphatic rings. The highest BCUT2D eigenvalue weighted by atomic mass is 16.5. The summed E-state index contributed by atoms with van der Waals surface area (Å²) in [5.74, 6) is 0.821. The van der Waals surface area contributed by atoms with Crippen molar-refractivity contribution in [1.29, 1.82) is 0 Å². The molecule has 8 aromatic rings. The van der Waals surface area contributed by atoms with Crippen LogP contribution in [0.2, 0.25) is 0 Å². The van der Waals surface area contributed by atoms with Crippen molar-refractivity contribution in [3.63, 3.8) is 0 Å². The summed E-state index contributed by atoms with van der Waals surface area (Å²) in [7, 11) is 1.68. The Morgan fingerprint density at radius 1 is 0.472 bits per heavy atom. The fourth-order valence-corrected chi connectivity index (χ4v) is 6.77. The molecule has 0 fully saturated rings. The Hall–Kier alpha value is -6.56. The van der Waals surface area contributed by atoms with Crippen molar-refractivity contribution in [3.05, 3.63) is 210 Å². The molecule has 0 atom stereocenters. The normalized spacial score (nSPS) is 11.0. The van der Waals surface area contributed by atoms with E-state index in [0.717, 1.165) is 78.2 Å². The van der Waals surface area contributed by atoms with E-state index in [-0.39, 0.29) is 0 Å². The van der Waals surface area contributed by atoms with Gasteiger partial charge in [-0.3, -0.25) is 0 Å². The van der Waals surface area contributed by atoms with Crippen molar-refractivity contribution in [2.45, 2.75) is 6.54 Å². The van der Waals surface area contributed by atoms with E-state index in [1.807, 2.05) is 30.3 Å². The predicted molar refractivity (Wildman–Crippen MR) is 219 cm³/mol. The SMILES string of the molecule is COCCOc1cccc(Cn2c3cc(N=C(c4ccccc4)c4ccccc4)ccc3c3ccc(N=C(c4ccccc4)c4ccccc4)cc32)c1. The number of hydrogen-bond acceptors (Lipinski definition) is 4. The molecule has 1 aromatic heterocycles. The van der Waals surface area contributed by atoms with E-state index in [9.17, 15) is 0 Å². The van der Waals surface area contributed by atoms with Crippen molar-refractivity contribution < 1.29 is 9.47 Å². The number of aromatic nitrogens is 1. The highest BCUT2D eigenvalue weighted by Gasteiger charge is 2.15. The summed E-state index contributed by atoms with van der Waals surface area (Å²) in [5, 5.41) is 2.32. The summed E-state index contributed by atoms with van der Waals surface area (Å²) in [5.41, 5.74) is 11.2. The van der Waals surface area contributed by atoms with Gasteiger partial charge in [-0.1, -0.05) is 146 Å². The van der Waals surface area contributed by atoms with Crippen LogP contribution < -0.4 is 4.74 Å². The van der Waals surface area contributed by atoms with Gasteiger partial charge in [-0.2, -0.15) is 0 Å². The average Bonchev–Trinajstić information content (AvgIpc) is 3.52. The molecule has 0 saturated heterocycles. The number of methoxy groups -OCH3 is 1. The molecule has 8 rings (SSSR count). The fourth-order valence-electron chi connectivity index (χ4n) is 6.77. The predicted octanol–water partition coefficient (Wildman–Crippen LogP) is 11.2. The Kier molecular flexibility index (Phi) is 9.99. The first-order valence-corrected chi connectivity index (χ1v) is 17.9. The third kappa shape index (κ3) is 7.57. The van der Waals surface area contributed by atoms with E-state index < -0.39 is 0 Å². The zero-order valence-electron chi connectivity index (χ0n) is 29.6. The molecule has 0 unspecified atom stereocenters. The molecule has 0 saturated carbocycles. The molecule has 53 heavy (non-hydrogen) atoms. The number of nitrogens with zero attached hydrogens (tertiary/aromatic N) is 3. The van der Waals surface area contributed by atoms with Gasteiger partial charge in [0.25, 0.3) is 0 Å². The maximum absolute atomic E-state index is 6.01. The highest BCUT2D eigenvalue weighted by molar-refractivity contribution is 6.16. The van der Waals surface area contributed by atoms with E-state index in [0.29, 0.717) is 19.8 Å². The third-order valence-corrected chi connectivity index (χ3v) is 9.30. The lowest BCUT2D eigenvalue weighted by atomic mass is 10.0. The van der Waals surface area contributed by atoms with Gasteiger partial charge in [0, 0.05) is 46.7 Å². The van der Waals surface area contributed by atoms with Gasteiger partial charge in [-0.05, 0) is 42.0 Å². The number of hydrogen-bond donors (Lipinski definition) is 0. The molecule has 0 aliphatic heterocycles. The smallest absolute Gasteiger partial charge is 0.119 e. The van der Waals surface area contributed by atoms with Crippen LogP contribution in [0.25, 0.3) is 21.8 Å². The van der Waals surface area contributed by atoms with Gasteiger partial charge in [0.15, 0.2) is 0 Å². The Balaban J connectivity index is 1.30. The van der Waals surface area contributed by atoms with Crippen LogP contribution in [0.15, 0.2) is 192 Å². The maximum Gasteiger partial charge on any atom is 0.119 e. The number of ether oxygens (including phenoxy) is 2. The van der Waals surface area contributed by atoms with Crippen molar-refractivity contribution >= 4 is 44.6 Å². The van der Waals surface area contributed by atoms with Gasteiger partial charge in [0.1, 0.15) is 12.4 Å². The van der Waals surface area contributed by atoms with Crippen molar-refractivity contribution in [1.82, 2.24) is 4.57 Å². The second-order valence-corrected chi connectivity index (χ2v) is 12.9. The van der Waals surface area contributed by atoms with Crippen LogP contribution in [-0.4, -0.2) is 36.3 Å². The standard InChI is InChI=1S/C48H39N3O2/c1-52-29-30-53-42-24-14-15-35(31-42)34-51-45-32-40(49-47(36-16-6-2-7-17-36)37-18-8-3-9-19-37)25-27-43(45)44-28-26-41(33-46(44)51)50-48(38-20-10-4-11-21-38)39-22-12-5-13-23-39/h2-28,31-33H,29-30,34H2,1H3. The van der Waals surface area contributed by atoms with Gasteiger partial charge >= 0.3 is 0 Å². The first kappa shape index (κ1) is 33.6. The molecule has 0 aliphatic carbocycles. The summed E-state index contributed by atoms with van der Waals surface area (Å²) >= 11 is 0. The molecule has 0 amide bonds. The quantitative estimate of drug-likeness (QED) is 0.0947. The van der Waals surface area contributed by atoms with Crippen molar-refractivity contribution in [2.75, 3.05) is 20.3 Å². The van der Waals surface area contributed by atoms with E-state index in [4.69, 9.17) is 19.5 Å². The molecule has 0 spiro atoms. The Morgan fingerprint density at radius 2 is 0.925 bits per heavy atom. The van der Waals surface area contributed by atoms with Gasteiger partial charge < -0.3 is 14.0 Å². The summed E-state index contributed by atoms with van der Waals surface area (Å²) in [4.78, 5) is 10.6. The molecule has 7 aromatic carbocycles. The van der Waals surface area contributed by atoms with Crippen LogP contribution >= 0.6 is 0 Å². The lowest BCUT2D eigenvalue weighted by Gasteiger charge is -2.12. The zero-order valence-corrected chi connectivity index (χ0v) is 29.6. The first-order valence-electron chi connectivity index (χ1n) is 17.9. The average molecular weight is 690 g/mol. The Bertz CT molecular complexity index is 2290. The van der Waals surface area contributed by atoms with Crippen molar-refractivity contribution in [3.8, 4) is 5.75 Å². The lowest BCUT2D eigenvalue weighted by Crippen LogP contribution is -2.05. The number of benzene rings is 7. The molecular formula is C48H39N3O2. The Morgan fingerprint density at radius 3 is 1.36 bits per heavy atom. The minimum atomic E-state index is 0.494. The highest BCUT2D eigenvalue weighted by Crippen LogP contribution is 2.36. The zero-order chi connectivity index (χ0) is 35.8. The molecule has 258 valence electrons. The van der Waals surface area contributed by atoms with Crippen LogP contribution in [0.5, 0.6) is 5.75 Å². The summed E-state index contributed by atoms with van der Waals surface area (Å²) < 4.78 is 13.6. The minimum Gasteiger partial charge on any atom is -0.491 e. The first-order chi connectivity index (χ1) is 26.2. The summed E-state index contributed by atoms with van der Waals surface area (Å²) in [6, 6.07) is 62.9. The molecule has 5 heteroatoms. The molecular weight excluding hydrogens is 651 g/mol. The van der Waals surface area contributed by atoms with Crippen LogP contribution in [0, 0.1) is 0 Å². The fraction of sp³-hybridized carbons (Fsp3) is 0.0833. The summed E-state index contributed by atoms with van der Waals surface area (Å²) in [6.45, 7) is 1.66. The number of aliphatic imine (C=N–C) groups is 2.